The summed E-state index contributed by atoms with van der Waals surface area (Å²) in [5.41, 5.74) is 2.63. The first-order valence-corrected chi connectivity index (χ1v) is 11.3. The van der Waals surface area contributed by atoms with E-state index in [1.54, 1.807) is 73.8 Å². The molecule has 31 heavy (non-hydrogen) atoms. The van der Waals surface area contributed by atoms with Crippen LogP contribution in [-0.4, -0.2) is 27.4 Å². The average Bonchev–Trinajstić information content (AvgIpc) is 3.14. The van der Waals surface area contributed by atoms with Gasteiger partial charge in [0, 0.05) is 11.5 Å². The van der Waals surface area contributed by atoms with E-state index in [1.165, 1.54) is 4.31 Å². The molecule has 0 spiro atoms. The number of methoxy groups -OCH3 is 1. The van der Waals surface area contributed by atoms with E-state index in [-0.39, 0.29) is 10.7 Å². The Morgan fingerprint density at radius 2 is 1.65 bits per heavy atom. The molecule has 5 nitrogen and oxygen atoms in total. The van der Waals surface area contributed by atoms with Gasteiger partial charge in [-0.2, -0.15) is 0 Å². The molecule has 0 fully saturated rings. The van der Waals surface area contributed by atoms with Gasteiger partial charge in [-0.1, -0.05) is 42.0 Å². The second-order valence-electron chi connectivity index (χ2n) is 7.47. The number of ketones is 1. The van der Waals surface area contributed by atoms with Gasteiger partial charge in [-0.25, -0.2) is 8.42 Å². The van der Waals surface area contributed by atoms with Gasteiger partial charge >= 0.3 is 0 Å². The number of anilines is 1. The van der Waals surface area contributed by atoms with Gasteiger partial charge in [-0.05, 0) is 55.0 Å². The van der Waals surface area contributed by atoms with Crippen molar-refractivity contribution in [3.05, 3.63) is 102 Å². The molecule has 3 aromatic carbocycles. The predicted octanol–water partition coefficient (Wildman–Crippen LogP) is 4.73. The summed E-state index contributed by atoms with van der Waals surface area (Å²) in [6.07, 6.45) is 1.65. The van der Waals surface area contributed by atoms with E-state index in [0.29, 0.717) is 17.0 Å². The summed E-state index contributed by atoms with van der Waals surface area (Å²) in [7, 11) is -2.44. The monoisotopic (exact) mass is 433 g/mol. The van der Waals surface area contributed by atoms with E-state index in [4.69, 9.17) is 4.74 Å². The Labute approximate surface area is 182 Å². The zero-order valence-corrected chi connectivity index (χ0v) is 18.2. The number of nitrogens with zero attached hydrogens (tertiary/aromatic N) is 1. The smallest absolute Gasteiger partial charge is 0.265 e. The lowest BCUT2D eigenvalue weighted by Crippen LogP contribution is -2.44. The summed E-state index contributed by atoms with van der Waals surface area (Å²) in [5.74, 6) is -0.138. The standard InChI is InChI=1S/C25H23NO4S/c1-4-21-22-7-5-6-8-23(22)26(31(28,29)20-15-9-17(2)10-16-20)24(21)25(27)18-11-13-19(30-3)14-12-18/h4-16,21,24H,1H2,2-3H3/t21-,24-/m1/s1. The fraction of sp³-hybridized carbons (Fsp3) is 0.160. The summed E-state index contributed by atoms with van der Waals surface area (Å²) >= 11 is 0. The third-order valence-electron chi connectivity index (χ3n) is 5.60. The number of hydrogen-bond donors (Lipinski definition) is 0. The molecule has 0 amide bonds. The number of fused-ring (bicyclic) bond motifs is 1. The second kappa shape index (κ2) is 8.04. The number of benzene rings is 3. The van der Waals surface area contributed by atoms with Crippen molar-refractivity contribution >= 4 is 21.5 Å². The summed E-state index contributed by atoms with van der Waals surface area (Å²) in [4.78, 5) is 13.8. The van der Waals surface area contributed by atoms with Crippen LogP contribution in [0.4, 0.5) is 5.69 Å². The fourth-order valence-corrected chi connectivity index (χ4v) is 5.65. The highest BCUT2D eigenvalue weighted by atomic mass is 32.2. The molecule has 0 aliphatic carbocycles. The SMILES string of the molecule is C=C[C@@H]1c2ccccc2N(S(=O)(=O)c2ccc(C)cc2)[C@H]1C(=O)c1ccc(OC)cc1. The van der Waals surface area contributed by atoms with Gasteiger partial charge in [0.15, 0.2) is 5.78 Å². The number of carbonyl (C=O) groups excluding carboxylic acids is 1. The molecular weight excluding hydrogens is 410 g/mol. The van der Waals surface area contributed by atoms with Crippen LogP contribution in [0.3, 0.4) is 0 Å². The molecule has 0 N–H and O–H groups in total. The quantitative estimate of drug-likeness (QED) is 0.416. The Bertz CT molecular complexity index is 1230. The molecule has 1 aliphatic rings. The number of Topliss-reactive ketones (excluding diaryl/α,β-unsaturated/α-hetero) is 1. The van der Waals surface area contributed by atoms with Crippen LogP contribution in [0.15, 0.2) is 90.3 Å². The first kappa shape index (κ1) is 20.9. The van der Waals surface area contributed by atoms with Gasteiger partial charge in [0.05, 0.1) is 17.7 Å². The van der Waals surface area contributed by atoms with E-state index in [9.17, 15) is 13.2 Å². The van der Waals surface area contributed by atoms with E-state index in [0.717, 1.165) is 11.1 Å². The summed E-state index contributed by atoms with van der Waals surface area (Å²) in [5, 5.41) is 0. The Hall–Kier alpha value is -3.38. The number of carbonyl (C=O) groups is 1. The van der Waals surface area contributed by atoms with Crippen molar-refractivity contribution in [3.63, 3.8) is 0 Å². The molecule has 0 bridgehead atoms. The van der Waals surface area contributed by atoms with Gasteiger partial charge < -0.3 is 4.74 Å². The van der Waals surface area contributed by atoms with Gasteiger partial charge in [0.1, 0.15) is 11.8 Å². The Kier molecular flexibility index (Phi) is 5.41. The van der Waals surface area contributed by atoms with Crippen molar-refractivity contribution in [2.24, 2.45) is 0 Å². The van der Waals surface area contributed by atoms with Crippen LogP contribution < -0.4 is 9.04 Å². The van der Waals surface area contributed by atoms with Crippen LogP contribution in [0.1, 0.15) is 27.4 Å². The van der Waals surface area contributed by atoms with Gasteiger partial charge in [-0.3, -0.25) is 9.10 Å². The van der Waals surface area contributed by atoms with Crippen LogP contribution >= 0.6 is 0 Å². The van der Waals surface area contributed by atoms with Crippen molar-refractivity contribution in [2.75, 3.05) is 11.4 Å². The molecule has 0 radical (unpaired) electrons. The molecule has 3 aromatic rings. The lowest BCUT2D eigenvalue weighted by atomic mass is 9.90. The normalized spacial score (nSPS) is 17.8. The highest BCUT2D eigenvalue weighted by Crippen LogP contribution is 2.45. The lowest BCUT2D eigenvalue weighted by molar-refractivity contribution is 0.0960. The topological polar surface area (TPSA) is 63.7 Å². The maximum atomic E-state index is 13.7. The fourth-order valence-electron chi connectivity index (χ4n) is 3.99. The maximum absolute atomic E-state index is 13.7. The van der Waals surface area contributed by atoms with E-state index in [1.807, 2.05) is 19.1 Å². The minimum absolute atomic E-state index is 0.144. The Balaban J connectivity index is 1.87. The molecule has 6 heteroatoms. The number of aryl methyl sites for hydroxylation is 1. The van der Waals surface area contributed by atoms with E-state index < -0.39 is 22.0 Å². The molecule has 4 rings (SSSR count). The number of hydrogen-bond acceptors (Lipinski definition) is 4. The lowest BCUT2D eigenvalue weighted by Gasteiger charge is -2.28. The van der Waals surface area contributed by atoms with Crippen molar-refractivity contribution in [1.82, 2.24) is 0 Å². The number of para-hydroxylation sites is 1. The molecule has 158 valence electrons. The molecule has 1 aliphatic heterocycles. The maximum Gasteiger partial charge on any atom is 0.265 e. The van der Waals surface area contributed by atoms with Crippen LogP contribution in [0, 0.1) is 6.92 Å². The second-order valence-corrected chi connectivity index (χ2v) is 9.29. The number of sulfonamides is 1. The Morgan fingerprint density at radius 3 is 2.26 bits per heavy atom. The van der Waals surface area contributed by atoms with E-state index >= 15 is 0 Å². The number of rotatable bonds is 6. The molecule has 2 atom stereocenters. The molecule has 0 unspecified atom stereocenters. The third kappa shape index (κ3) is 3.53. The van der Waals surface area contributed by atoms with Crippen LogP contribution in [0.5, 0.6) is 5.75 Å². The van der Waals surface area contributed by atoms with Gasteiger partial charge in [-0.15, -0.1) is 6.58 Å². The van der Waals surface area contributed by atoms with Crippen molar-refractivity contribution in [1.29, 1.82) is 0 Å². The summed E-state index contributed by atoms with van der Waals surface area (Å²) in [6, 6.07) is 19.6. The van der Waals surface area contributed by atoms with Gasteiger partial charge in [0.2, 0.25) is 0 Å². The minimum Gasteiger partial charge on any atom is -0.497 e. The molecule has 1 heterocycles. The van der Waals surface area contributed by atoms with Crippen LogP contribution in [-0.2, 0) is 10.0 Å². The minimum atomic E-state index is -3.99. The highest BCUT2D eigenvalue weighted by Gasteiger charge is 2.47. The first-order chi connectivity index (χ1) is 14.9. The zero-order chi connectivity index (χ0) is 22.2. The summed E-state index contributed by atoms with van der Waals surface area (Å²) in [6.45, 7) is 5.80. The van der Waals surface area contributed by atoms with Crippen molar-refractivity contribution in [2.45, 2.75) is 23.8 Å². The Morgan fingerprint density at radius 1 is 1.00 bits per heavy atom. The largest absolute Gasteiger partial charge is 0.497 e. The van der Waals surface area contributed by atoms with Crippen molar-refractivity contribution < 1.29 is 17.9 Å². The highest BCUT2D eigenvalue weighted by molar-refractivity contribution is 7.93. The molecule has 0 saturated carbocycles. The van der Waals surface area contributed by atoms with Crippen molar-refractivity contribution in [3.8, 4) is 5.75 Å². The van der Waals surface area contributed by atoms with Crippen LogP contribution in [0.2, 0.25) is 0 Å². The molecule has 0 saturated heterocycles. The first-order valence-electron chi connectivity index (χ1n) is 9.89. The van der Waals surface area contributed by atoms with Crippen LogP contribution in [0.25, 0.3) is 0 Å². The van der Waals surface area contributed by atoms with Gasteiger partial charge in [0.25, 0.3) is 10.0 Å². The predicted molar refractivity (Wildman–Crippen MR) is 121 cm³/mol. The van der Waals surface area contributed by atoms with E-state index in [2.05, 4.69) is 6.58 Å². The average molecular weight is 434 g/mol. The third-order valence-corrected chi connectivity index (χ3v) is 7.41. The zero-order valence-electron chi connectivity index (χ0n) is 17.4. The number of ether oxygens (including phenoxy) is 1. The molecule has 0 aromatic heterocycles. The molecular formula is C25H23NO4S. The summed E-state index contributed by atoms with van der Waals surface area (Å²) < 4.78 is 33.9.